The first-order valence-electron chi connectivity index (χ1n) is 9.20. The molecule has 0 unspecified atom stereocenters. The SMILES string of the molecule is C=CC[Si](C)(C)c1ccc(C[C@H](C)C(=O)OC)cc1.Cc1ccc(Br)cc1. The molecule has 0 amide bonds. The summed E-state index contributed by atoms with van der Waals surface area (Å²) in [5.74, 6) is -0.236. The van der Waals surface area contributed by atoms with Crippen molar-refractivity contribution < 1.29 is 9.53 Å². The van der Waals surface area contributed by atoms with E-state index >= 15 is 0 Å². The minimum absolute atomic E-state index is 0.0886. The standard InChI is InChI=1S/C16H24O2Si.C7H7Br/c1-6-11-19(4,5)15-9-7-14(8-10-15)12-13(2)16(17)18-3;1-6-2-4-7(8)5-3-6/h6-10,13H,1,11-12H2,2-5H3;2-5H,1H3/t13-;/m0./s1. The number of hydrogen-bond acceptors (Lipinski definition) is 2. The van der Waals surface area contributed by atoms with Crippen molar-refractivity contribution in [1.82, 2.24) is 0 Å². The fourth-order valence-electron chi connectivity index (χ4n) is 2.74. The normalized spacial score (nSPS) is 11.8. The second-order valence-corrected chi connectivity index (χ2v) is 13.2. The molecule has 0 aliphatic rings. The van der Waals surface area contributed by atoms with Gasteiger partial charge >= 0.3 is 5.97 Å². The summed E-state index contributed by atoms with van der Waals surface area (Å²) in [7, 11) is 0.0552. The Kier molecular flexibility index (Phi) is 9.74. The molecule has 0 fully saturated rings. The molecule has 27 heavy (non-hydrogen) atoms. The van der Waals surface area contributed by atoms with Crippen LogP contribution in [-0.4, -0.2) is 21.2 Å². The van der Waals surface area contributed by atoms with Gasteiger partial charge in [0.05, 0.1) is 21.1 Å². The number of methoxy groups -OCH3 is 1. The number of allylic oxidation sites excluding steroid dienone is 1. The molecule has 0 heterocycles. The fraction of sp³-hybridized carbons (Fsp3) is 0.348. The highest BCUT2D eigenvalue weighted by Gasteiger charge is 2.21. The first kappa shape index (κ1) is 23.4. The summed E-state index contributed by atoms with van der Waals surface area (Å²) in [6.07, 6.45) is 2.75. The molecule has 0 N–H and O–H groups in total. The Morgan fingerprint density at radius 1 is 1.15 bits per heavy atom. The minimum atomic E-state index is -1.38. The fourth-order valence-corrected chi connectivity index (χ4v) is 5.03. The van der Waals surface area contributed by atoms with Gasteiger partial charge in [0.1, 0.15) is 0 Å². The molecular formula is C23H31BrO2Si. The van der Waals surface area contributed by atoms with Gasteiger partial charge in [-0.2, -0.15) is 0 Å². The number of benzene rings is 2. The van der Waals surface area contributed by atoms with E-state index in [9.17, 15) is 4.79 Å². The first-order valence-corrected chi connectivity index (χ1v) is 13.2. The lowest BCUT2D eigenvalue weighted by Gasteiger charge is -2.21. The predicted octanol–water partition coefficient (Wildman–Crippen LogP) is 5.90. The quantitative estimate of drug-likeness (QED) is 0.313. The van der Waals surface area contributed by atoms with Crippen LogP contribution in [0.25, 0.3) is 0 Å². The van der Waals surface area contributed by atoms with E-state index in [2.05, 4.69) is 78.9 Å². The van der Waals surface area contributed by atoms with Crippen LogP contribution in [-0.2, 0) is 16.0 Å². The van der Waals surface area contributed by atoms with Gasteiger partial charge in [0.25, 0.3) is 0 Å². The Labute approximate surface area is 173 Å². The summed E-state index contributed by atoms with van der Waals surface area (Å²) >= 11 is 3.35. The third kappa shape index (κ3) is 8.27. The zero-order valence-corrected chi connectivity index (χ0v) is 19.7. The maximum Gasteiger partial charge on any atom is 0.308 e. The van der Waals surface area contributed by atoms with E-state index in [4.69, 9.17) is 4.74 Å². The Hall–Kier alpha value is -1.65. The van der Waals surface area contributed by atoms with Crippen molar-refractivity contribution in [2.24, 2.45) is 5.92 Å². The van der Waals surface area contributed by atoms with Gasteiger partial charge < -0.3 is 4.74 Å². The molecule has 2 rings (SSSR count). The second-order valence-electron chi connectivity index (χ2n) is 7.50. The van der Waals surface area contributed by atoms with Crippen molar-refractivity contribution in [1.29, 1.82) is 0 Å². The number of rotatable bonds is 6. The van der Waals surface area contributed by atoms with Gasteiger partial charge in [-0.25, -0.2) is 0 Å². The van der Waals surface area contributed by atoms with Crippen molar-refractivity contribution in [2.45, 2.75) is 39.4 Å². The molecule has 1 atom stereocenters. The van der Waals surface area contributed by atoms with Crippen molar-refractivity contribution >= 4 is 35.2 Å². The number of ether oxygens (including phenoxy) is 1. The molecule has 2 nitrogen and oxygen atoms in total. The monoisotopic (exact) mass is 446 g/mol. The zero-order valence-electron chi connectivity index (χ0n) is 17.1. The van der Waals surface area contributed by atoms with Gasteiger partial charge in [-0.05, 0) is 37.1 Å². The molecule has 0 saturated carbocycles. The average Bonchev–Trinajstić information content (AvgIpc) is 2.64. The largest absolute Gasteiger partial charge is 0.469 e. The maximum atomic E-state index is 11.4. The lowest BCUT2D eigenvalue weighted by molar-refractivity contribution is -0.144. The van der Waals surface area contributed by atoms with E-state index in [1.807, 2.05) is 25.1 Å². The number of hydrogen-bond donors (Lipinski definition) is 0. The molecule has 0 radical (unpaired) electrons. The van der Waals surface area contributed by atoms with Crippen LogP contribution in [0.5, 0.6) is 0 Å². The van der Waals surface area contributed by atoms with E-state index in [1.165, 1.54) is 23.4 Å². The van der Waals surface area contributed by atoms with Gasteiger partial charge in [-0.15, -0.1) is 6.58 Å². The predicted molar refractivity (Wildman–Crippen MR) is 122 cm³/mol. The summed E-state index contributed by atoms with van der Waals surface area (Å²) in [5, 5.41) is 1.43. The summed E-state index contributed by atoms with van der Waals surface area (Å²) in [6.45, 7) is 12.5. The summed E-state index contributed by atoms with van der Waals surface area (Å²) < 4.78 is 5.89. The van der Waals surface area contributed by atoms with Crippen molar-refractivity contribution in [2.75, 3.05) is 7.11 Å². The molecular weight excluding hydrogens is 416 g/mol. The number of aryl methyl sites for hydroxylation is 1. The summed E-state index contributed by atoms with van der Waals surface area (Å²) in [5.41, 5.74) is 2.48. The molecule has 2 aromatic carbocycles. The highest BCUT2D eigenvalue weighted by Crippen LogP contribution is 2.13. The van der Waals surface area contributed by atoms with Crippen LogP contribution in [0.3, 0.4) is 0 Å². The van der Waals surface area contributed by atoms with E-state index in [0.717, 1.165) is 16.9 Å². The molecule has 0 aliphatic heterocycles. The Bertz CT molecular complexity index is 700. The van der Waals surface area contributed by atoms with Gasteiger partial charge in [-0.3, -0.25) is 4.79 Å². The summed E-state index contributed by atoms with van der Waals surface area (Å²) in [6, 6.07) is 18.0. The molecule has 0 saturated heterocycles. The lowest BCUT2D eigenvalue weighted by atomic mass is 10.0. The minimum Gasteiger partial charge on any atom is -0.469 e. The second kappa shape index (κ2) is 11.2. The van der Waals surface area contributed by atoms with Gasteiger partial charge in [-0.1, -0.05) is 89.2 Å². The molecule has 0 aromatic heterocycles. The number of halogens is 1. The van der Waals surface area contributed by atoms with E-state index < -0.39 is 8.07 Å². The van der Waals surface area contributed by atoms with Gasteiger partial charge in [0.15, 0.2) is 0 Å². The smallest absolute Gasteiger partial charge is 0.308 e. The van der Waals surface area contributed by atoms with Crippen LogP contribution in [0.4, 0.5) is 0 Å². The highest BCUT2D eigenvalue weighted by molar-refractivity contribution is 9.10. The maximum absolute atomic E-state index is 11.4. The van der Waals surface area contributed by atoms with Crippen LogP contribution < -0.4 is 5.19 Å². The van der Waals surface area contributed by atoms with Crippen LogP contribution in [0, 0.1) is 12.8 Å². The molecule has 0 bridgehead atoms. The molecule has 4 heteroatoms. The first-order chi connectivity index (χ1) is 12.7. The Balaban J connectivity index is 0.000000377. The van der Waals surface area contributed by atoms with Gasteiger partial charge in [0.2, 0.25) is 0 Å². The Morgan fingerprint density at radius 2 is 1.70 bits per heavy atom. The molecule has 0 aliphatic carbocycles. The third-order valence-corrected chi connectivity index (χ3v) is 8.28. The van der Waals surface area contributed by atoms with Crippen LogP contribution in [0.15, 0.2) is 65.7 Å². The molecule has 2 aromatic rings. The van der Waals surface area contributed by atoms with Crippen LogP contribution in [0.1, 0.15) is 18.1 Å². The van der Waals surface area contributed by atoms with Crippen molar-refractivity contribution in [3.05, 3.63) is 76.8 Å². The van der Waals surface area contributed by atoms with E-state index in [1.54, 1.807) is 0 Å². The van der Waals surface area contributed by atoms with E-state index in [-0.39, 0.29) is 11.9 Å². The van der Waals surface area contributed by atoms with E-state index in [0.29, 0.717) is 0 Å². The average molecular weight is 447 g/mol. The molecule has 0 spiro atoms. The van der Waals surface area contributed by atoms with Crippen LogP contribution >= 0.6 is 15.9 Å². The highest BCUT2D eigenvalue weighted by atomic mass is 79.9. The topological polar surface area (TPSA) is 26.3 Å². The summed E-state index contributed by atoms with van der Waals surface area (Å²) in [4.78, 5) is 11.4. The zero-order chi connectivity index (χ0) is 20.4. The Morgan fingerprint density at radius 3 is 2.15 bits per heavy atom. The van der Waals surface area contributed by atoms with Crippen LogP contribution in [0.2, 0.25) is 19.1 Å². The van der Waals surface area contributed by atoms with Crippen molar-refractivity contribution in [3.63, 3.8) is 0 Å². The molecule has 146 valence electrons. The van der Waals surface area contributed by atoms with Crippen molar-refractivity contribution in [3.8, 4) is 0 Å². The number of carbonyl (C=O) groups is 1. The lowest BCUT2D eigenvalue weighted by Crippen LogP contribution is -2.40. The number of esters is 1. The number of carbonyl (C=O) groups excluding carboxylic acids is 1. The van der Waals surface area contributed by atoms with Gasteiger partial charge in [0, 0.05) is 4.47 Å². The third-order valence-electron chi connectivity index (χ3n) is 4.55.